The lowest BCUT2D eigenvalue weighted by Crippen LogP contribution is -2.33. The second-order valence-electron chi connectivity index (χ2n) is 5.32. The molecule has 2 unspecified atom stereocenters. The molecule has 0 fully saturated rings. The molecule has 1 amide bonds. The molecule has 0 radical (unpaired) electrons. The lowest BCUT2D eigenvalue weighted by atomic mass is 9.93. The van der Waals surface area contributed by atoms with Crippen molar-refractivity contribution in [3.05, 3.63) is 70.1 Å². The van der Waals surface area contributed by atoms with Gasteiger partial charge in [0, 0.05) is 18.7 Å². The molecule has 2 atom stereocenters. The molecule has 1 heterocycles. The van der Waals surface area contributed by atoms with Gasteiger partial charge in [0.2, 0.25) is 0 Å². The average molecular weight is 300 g/mol. The zero-order valence-electron chi connectivity index (χ0n) is 12.5. The summed E-state index contributed by atoms with van der Waals surface area (Å²) in [4.78, 5) is 26.2. The van der Waals surface area contributed by atoms with Crippen LogP contribution in [-0.4, -0.2) is 28.6 Å². The van der Waals surface area contributed by atoms with Crippen LogP contribution in [0.2, 0.25) is 0 Å². The quantitative estimate of drug-likeness (QED) is 0.759. The van der Waals surface area contributed by atoms with Crippen LogP contribution in [0.25, 0.3) is 0 Å². The van der Waals surface area contributed by atoms with Crippen LogP contribution in [0.1, 0.15) is 35.2 Å². The summed E-state index contributed by atoms with van der Waals surface area (Å²) in [7, 11) is 0. The van der Waals surface area contributed by atoms with Gasteiger partial charge in [-0.2, -0.15) is 0 Å². The number of H-pyrrole nitrogens is 1. The molecule has 5 heteroatoms. The van der Waals surface area contributed by atoms with Crippen molar-refractivity contribution in [1.82, 2.24) is 10.3 Å². The van der Waals surface area contributed by atoms with Gasteiger partial charge in [-0.3, -0.25) is 9.59 Å². The number of nitrogens with one attached hydrogen (secondary N) is 2. The van der Waals surface area contributed by atoms with Crippen molar-refractivity contribution in [3.8, 4) is 0 Å². The number of amides is 1. The minimum atomic E-state index is -0.470. The number of rotatable bonds is 6. The van der Waals surface area contributed by atoms with E-state index in [2.05, 4.69) is 10.3 Å². The summed E-state index contributed by atoms with van der Waals surface area (Å²) in [6.45, 7) is 2.09. The van der Waals surface area contributed by atoms with Crippen LogP contribution >= 0.6 is 0 Å². The zero-order chi connectivity index (χ0) is 15.9. The molecule has 0 aliphatic heterocycles. The number of pyridine rings is 1. The first kappa shape index (κ1) is 16.0. The fourth-order valence-corrected chi connectivity index (χ4v) is 2.39. The van der Waals surface area contributed by atoms with E-state index in [-0.39, 0.29) is 11.5 Å². The van der Waals surface area contributed by atoms with Crippen LogP contribution < -0.4 is 10.9 Å². The monoisotopic (exact) mass is 300 g/mol. The number of aliphatic hydroxyl groups is 1. The second-order valence-corrected chi connectivity index (χ2v) is 5.32. The van der Waals surface area contributed by atoms with Gasteiger partial charge < -0.3 is 15.4 Å². The topological polar surface area (TPSA) is 82.2 Å². The van der Waals surface area contributed by atoms with E-state index in [1.165, 1.54) is 12.3 Å². The van der Waals surface area contributed by atoms with Crippen molar-refractivity contribution in [2.75, 3.05) is 6.54 Å². The molecule has 2 rings (SSSR count). The molecular weight excluding hydrogens is 280 g/mol. The van der Waals surface area contributed by atoms with Gasteiger partial charge in [-0.25, -0.2) is 0 Å². The Labute approximate surface area is 129 Å². The van der Waals surface area contributed by atoms with E-state index in [0.717, 1.165) is 5.56 Å². The van der Waals surface area contributed by atoms with Crippen LogP contribution in [0.4, 0.5) is 0 Å². The Morgan fingerprint density at radius 3 is 2.59 bits per heavy atom. The van der Waals surface area contributed by atoms with E-state index in [9.17, 15) is 14.7 Å². The van der Waals surface area contributed by atoms with Crippen LogP contribution in [0.5, 0.6) is 0 Å². The summed E-state index contributed by atoms with van der Waals surface area (Å²) in [5.41, 5.74) is 0.726. The third kappa shape index (κ3) is 4.30. The van der Waals surface area contributed by atoms with Crippen LogP contribution in [0.3, 0.4) is 0 Å². The molecule has 0 spiro atoms. The smallest absolute Gasteiger partial charge is 0.260 e. The van der Waals surface area contributed by atoms with Crippen molar-refractivity contribution >= 4 is 5.91 Å². The lowest BCUT2D eigenvalue weighted by molar-refractivity contribution is 0.0944. The molecule has 1 aromatic carbocycles. The molecule has 0 bridgehead atoms. The summed E-state index contributed by atoms with van der Waals surface area (Å²) in [5, 5.41) is 12.4. The first-order chi connectivity index (χ1) is 10.6. The molecule has 0 aliphatic rings. The van der Waals surface area contributed by atoms with Crippen molar-refractivity contribution in [3.63, 3.8) is 0 Å². The maximum absolute atomic E-state index is 12.1. The van der Waals surface area contributed by atoms with Crippen molar-refractivity contribution < 1.29 is 9.90 Å². The van der Waals surface area contributed by atoms with Gasteiger partial charge in [0.25, 0.3) is 11.5 Å². The average Bonchev–Trinajstić information content (AvgIpc) is 2.52. The van der Waals surface area contributed by atoms with Gasteiger partial charge in [-0.15, -0.1) is 0 Å². The van der Waals surface area contributed by atoms with Gasteiger partial charge in [-0.1, -0.05) is 30.3 Å². The van der Waals surface area contributed by atoms with Crippen LogP contribution in [0, 0.1) is 0 Å². The highest BCUT2D eigenvalue weighted by molar-refractivity contribution is 5.93. The van der Waals surface area contributed by atoms with E-state index in [0.29, 0.717) is 13.0 Å². The van der Waals surface area contributed by atoms with E-state index >= 15 is 0 Å². The third-order valence-corrected chi connectivity index (χ3v) is 3.47. The minimum absolute atomic E-state index is 0.00653. The highest BCUT2D eigenvalue weighted by Crippen LogP contribution is 2.20. The first-order valence-electron chi connectivity index (χ1n) is 7.27. The minimum Gasteiger partial charge on any atom is -0.393 e. The second kappa shape index (κ2) is 7.56. The van der Waals surface area contributed by atoms with Crippen LogP contribution in [-0.2, 0) is 0 Å². The molecule has 22 heavy (non-hydrogen) atoms. The molecule has 0 aliphatic carbocycles. The number of aromatic nitrogens is 1. The maximum Gasteiger partial charge on any atom is 0.260 e. The summed E-state index contributed by atoms with van der Waals surface area (Å²) >= 11 is 0. The molecule has 3 N–H and O–H groups in total. The molecule has 1 aromatic heterocycles. The molecule has 0 saturated carbocycles. The van der Waals surface area contributed by atoms with Gasteiger partial charge in [0.15, 0.2) is 0 Å². The zero-order valence-corrected chi connectivity index (χ0v) is 12.5. The number of aliphatic hydroxyl groups excluding tert-OH is 1. The van der Waals surface area contributed by atoms with Crippen LogP contribution in [0.15, 0.2) is 53.5 Å². The standard InChI is InChI=1S/C17H20N2O3/c1-12(20)10-14(13-6-3-2-4-7-13)11-19-17(22)15-8-5-9-18-16(15)21/h2-9,12,14,20H,10-11H2,1H3,(H,18,21)(H,19,22). The van der Waals surface area contributed by atoms with Crippen molar-refractivity contribution in [2.24, 2.45) is 0 Å². The fraction of sp³-hybridized carbons (Fsp3) is 0.294. The first-order valence-corrected chi connectivity index (χ1v) is 7.27. The van der Waals surface area contributed by atoms with Gasteiger partial charge in [0.05, 0.1) is 6.10 Å². The summed E-state index contributed by atoms with van der Waals surface area (Å²) in [6.07, 6.45) is 1.55. The van der Waals surface area contributed by atoms with Gasteiger partial charge >= 0.3 is 0 Å². The molecule has 116 valence electrons. The molecule has 2 aromatic rings. The van der Waals surface area contributed by atoms with Gasteiger partial charge in [-0.05, 0) is 31.0 Å². The van der Waals surface area contributed by atoms with E-state index in [4.69, 9.17) is 0 Å². The van der Waals surface area contributed by atoms with Gasteiger partial charge in [0.1, 0.15) is 5.56 Å². The predicted molar refractivity (Wildman–Crippen MR) is 84.9 cm³/mol. The van der Waals surface area contributed by atoms with Crippen molar-refractivity contribution in [1.29, 1.82) is 0 Å². The normalized spacial score (nSPS) is 13.4. The number of hydrogen-bond donors (Lipinski definition) is 3. The third-order valence-electron chi connectivity index (χ3n) is 3.47. The van der Waals surface area contributed by atoms with E-state index in [1.54, 1.807) is 13.0 Å². The number of aromatic amines is 1. The van der Waals surface area contributed by atoms with E-state index < -0.39 is 17.6 Å². The van der Waals surface area contributed by atoms with E-state index in [1.807, 2.05) is 30.3 Å². The Balaban J connectivity index is 2.07. The highest BCUT2D eigenvalue weighted by atomic mass is 16.3. The summed E-state index contributed by atoms with van der Waals surface area (Å²) in [5.74, 6) is -0.415. The SMILES string of the molecule is CC(O)CC(CNC(=O)c1ccc[nH]c1=O)c1ccccc1. The molecule has 0 saturated heterocycles. The lowest BCUT2D eigenvalue weighted by Gasteiger charge is -2.19. The Kier molecular flexibility index (Phi) is 5.49. The Bertz CT molecular complexity index is 665. The predicted octanol–water partition coefficient (Wildman–Crippen LogP) is 1.66. The van der Waals surface area contributed by atoms with Crippen molar-refractivity contribution in [2.45, 2.75) is 25.4 Å². The summed E-state index contributed by atoms with van der Waals surface area (Å²) in [6, 6.07) is 12.8. The molecule has 5 nitrogen and oxygen atoms in total. The number of hydrogen-bond acceptors (Lipinski definition) is 3. The summed E-state index contributed by atoms with van der Waals surface area (Å²) < 4.78 is 0. The highest BCUT2D eigenvalue weighted by Gasteiger charge is 2.16. The maximum atomic E-state index is 12.1. The Hall–Kier alpha value is -2.40. The largest absolute Gasteiger partial charge is 0.393 e. The Morgan fingerprint density at radius 2 is 1.95 bits per heavy atom. The Morgan fingerprint density at radius 1 is 1.23 bits per heavy atom. The fourth-order valence-electron chi connectivity index (χ4n) is 2.39. The number of benzene rings is 1. The number of carbonyl (C=O) groups excluding carboxylic acids is 1. The molecular formula is C17H20N2O3. The number of carbonyl (C=O) groups is 1.